The van der Waals surface area contributed by atoms with Crippen LogP contribution in [0.1, 0.15) is 49.9 Å². The Hall–Kier alpha value is -3.91. The van der Waals surface area contributed by atoms with Crippen LogP contribution in [-0.2, 0) is 52.8 Å². The maximum absolute atomic E-state index is 13.3. The highest BCUT2D eigenvalue weighted by atomic mass is 35.7. The van der Waals surface area contributed by atoms with Gasteiger partial charge < -0.3 is 9.73 Å². The first-order valence-electron chi connectivity index (χ1n) is 17.0. The van der Waals surface area contributed by atoms with Crippen LogP contribution in [0.25, 0.3) is 33.4 Å². The summed E-state index contributed by atoms with van der Waals surface area (Å²) in [6.45, 7) is 7.89. The van der Waals surface area contributed by atoms with Crippen molar-refractivity contribution in [3.8, 4) is 22.5 Å². The van der Waals surface area contributed by atoms with Crippen molar-refractivity contribution >= 4 is 87.2 Å². The Bertz CT molecular complexity index is 2790. The molecule has 2 aliphatic rings. The molecule has 1 aliphatic heterocycles. The summed E-state index contributed by atoms with van der Waals surface area (Å²) in [7, 11) is 4.79. The molecular weight excluding hydrogens is 811 g/mol. The van der Waals surface area contributed by atoms with Crippen LogP contribution in [-0.4, -0.2) is 25.3 Å². The zero-order valence-electron chi connectivity index (χ0n) is 29.6. The van der Waals surface area contributed by atoms with Crippen LogP contribution < -0.4 is 10.7 Å². The average molecular weight is 846 g/mol. The molecule has 1 aliphatic carbocycles. The summed E-state index contributed by atoms with van der Waals surface area (Å²) in [6, 6.07) is 22.8. The van der Waals surface area contributed by atoms with Crippen LogP contribution in [0.2, 0.25) is 0 Å². The molecule has 0 fully saturated rings. The number of hydrogen-bond acceptors (Lipinski definition) is 9. The van der Waals surface area contributed by atoms with E-state index in [1.54, 1.807) is 6.07 Å². The molecule has 4 aromatic carbocycles. The molecule has 0 unspecified atom stereocenters. The topological polar surface area (TPSA) is 140 Å². The standard InChI is InChI=1S/C39H35Cl3N2O7S3/c1-5-23-13-11-14-24(6-2)38(23)43-30-21-32-28(19-35(30)53(41,47)48)37(27-17-9-10-18-34(27)52(40,45)46)29-20-36(54(42,49)50)31(22-33(29)51-32)44-39-25(7-3)15-12-16-26(39)8-4/h9-22,43H,5-8H2,1-4H3/b44-31+. The van der Waals surface area contributed by atoms with Gasteiger partial charge in [0.25, 0.3) is 27.2 Å². The van der Waals surface area contributed by atoms with Crippen molar-refractivity contribution in [2.45, 2.75) is 68.1 Å². The molecule has 0 saturated carbocycles. The maximum atomic E-state index is 13.3. The van der Waals surface area contributed by atoms with Crippen molar-refractivity contribution in [3.05, 3.63) is 113 Å². The minimum atomic E-state index is -4.50. The van der Waals surface area contributed by atoms with E-state index < -0.39 is 27.2 Å². The number of aryl methyl sites for hydroxylation is 4. The number of para-hydroxylation sites is 2. The second-order valence-corrected chi connectivity index (χ2v) is 20.1. The molecule has 0 saturated heterocycles. The number of hydrogen-bond donors (Lipinski definition) is 1. The van der Waals surface area contributed by atoms with Crippen LogP contribution in [0.15, 0.2) is 109 Å². The van der Waals surface area contributed by atoms with Crippen molar-refractivity contribution in [2.24, 2.45) is 4.99 Å². The molecule has 282 valence electrons. The molecular formula is C39H35Cl3N2O7S3. The van der Waals surface area contributed by atoms with Gasteiger partial charge in [0.2, 0.25) is 0 Å². The Labute approximate surface area is 328 Å². The summed E-state index contributed by atoms with van der Waals surface area (Å²) in [5.41, 5.74) is 5.42. The monoisotopic (exact) mass is 844 g/mol. The summed E-state index contributed by atoms with van der Waals surface area (Å²) in [4.78, 5) is 3.83. The summed E-state index contributed by atoms with van der Waals surface area (Å²) < 4.78 is 85.7. The van der Waals surface area contributed by atoms with E-state index in [2.05, 4.69) is 5.32 Å². The van der Waals surface area contributed by atoms with E-state index >= 15 is 0 Å². The summed E-state index contributed by atoms with van der Waals surface area (Å²) in [5.74, 6) is 0.102. The molecule has 0 aromatic heterocycles. The predicted octanol–water partition coefficient (Wildman–Crippen LogP) is 10.2. The number of anilines is 2. The molecule has 0 atom stereocenters. The molecule has 0 bridgehead atoms. The zero-order valence-corrected chi connectivity index (χ0v) is 34.3. The minimum Gasteiger partial charge on any atom is -0.456 e. The van der Waals surface area contributed by atoms with E-state index in [9.17, 15) is 25.3 Å². The van der Waals surface area contributed by atoms with Crippen molar-refractivity contribution in [1.29, 1.82) is 0 Å². The first-order valence-corrected chi connectivity index (χ1v) is 24.0. The Morgan fingerprint density at radius 1 is 0.593 bits per heavy atom. The molecule has 6 rings (SSSR count). The van der Waals surface area contributed by atoms with Crippen LogP contribution in [0, 0.1) is 0 Å². The van der Waals surface area contributed by atoms with Crippen molar-refractivity contribution in [3.63, 3.8) is 0 Å². The summed E-state index contributed by atoms with van der Waals surface area (Å²) in [6.07, 6.45) is 2.53. The highest BCUT2D eigenvalue weighted by Crippen LogP contribution is 2.46. The van der Waals surface area contributed by atoms with Gasteiger partial charge in [0.05, 0.1) is 21.6 Å². The fourth-order valence-corrected chi connectivity index (χ4v) is 9.78. The number of nitrogens with zero attached hydrogens (tertiary/aromatic N) is 1. The van der Waals surface area contributed by atoms with Gasteiger partial charge in [-0.25, -0.2) is 30.2 Å². The van der Waals surface area contributed by atoms with Crippen molar-refractivity contribution < 1.29 is 29.7 Å². The molecule has 0 radical (unpaired) electrons. The minimum absolute atomic E-state index is 0.0110. The summed E-state index contributed by atoms with van der Waals surface area (Å²) in [5, 5.41) is 3.39. The number of halogens is 3. The fraction of sp³-hybridized carbons (Fsp3) is 0.205. The van der Waals surface area contributed by atoms with Crippen LogP contribution in [0.4, 0.5) is 17.1 Å². The van der Waals surface area contributed by atoms with E-state index in [1.165, 1.54) is 42.5 Å². The largest absolute Gasteiger partial charge is 0.456 e. The van der Waals surface area contributed by atoms with Gasteiger partial charge in [0, 0.05) is 71.9 Å². The quantitative estimate of drug-likeness (QED) is 0.100. The average Bonchev–Trinajstić information content (AvgIpc) is 3.12. The van der Waals surface area contributed by atoms with E-state index in [-0.39, 0.29) is 59.2 Å². The Kier molecular flexibility index (Phi) is 11.3. The van der Waals surface area contributed by atoms with E-state index in [0.717, 1.165) is 22.3 Å². The first kappa shape index (κ1) is 39.8. The van der Waals surface area contributed by atoms with Gasteiger partial charge in [0.15, 0.2) is 0 Å². The smallest absolute Gasteiger partial charge is 0.263 e. The predicted molar refractivity (Wildman–Crippen MR) is 216 cm³/mol. The lowest BCUT2D eigenvalue weighted by molar-refractivity contribution is 0.605. The lowest BCUT2D eigenvalue weighted by Gasteiger charge is -2.21. The molecule has 1 heterocycles. The molecule has 54 heavy (non-hydrogen) atoms. The third kappa shape index (κ3) is 7.78. The molecule has 1 N–H and O–H groups in total. The van der Waals surface area contributed by atoms with Crippen LogP contribution in [0.5, 0.6) is 0 Å². The van der Waals surface area contributed by atoms with Gasteiger partial charge in [-0.15, -0.1) is 0 Å². The summed E-state index contributed by atoms with van der Waals surface area (Å²) >= 11 is 0. The lowest BCUT2D eigenvalue weighted by atomic mass is 9.93. The van der Waals surface area contributed by atoms with Crippen molar-refractivity contribution in [1.82, 2.24) is 0 Å². The highest BCUT2D eigenvalue weighted by molar-refractivity contribution is 8.14. The number of fused-ring (bicyclic) bond motifs is 2. The molecule has 9 nitrogen and oxygen atoms in total. The van der Waals surface area contributed by atoms with E-state index in [0.29, 0.717) is 37.1 Å². The first-order chi connectivity index (χ1) is 25.5. The Morgan fingerprint density at radius 3 is 1.67 bits per heavy atom. The van der Waals surface area contributed by atoms with E-state index in [1.807, 2.05) is 64.1 Å². The zero-order chi connectivity index (χ0) is 39.2. The SMILES string of the molecule is CCc1cccc(CC)c1/N=c1\cc2oc3cc(Nc4c(CC)cccc4CC)c(S(=O)(=O)Cl)cc3c(-c3ccccc3S(=O)(=O)Cl)c-2cc1S(=O)(=O)Cl. The molecule has 0 spiro atoms. The molecule has 0 amide bonds. The molecule has 4 aromatic rings. The number of benzene rings is 5. The van der Waals surface area contributed by atoms with Crippen LogP contribution >= 0.6 is 32.0 Å². The third-order valence-electron chi connectivity index (χ3n) is 9.30. The normalized spacial score (nSPS) is 12.8. The maximum Gasteiger partial charge on any atom is 0.263 e. The third-order valence-corrected chi connectivity index (χ3v) is 13.4. The Morgan fingerprint density at radius 2 is 1.13 bits per heavy atom. The number of rotatable bonds is 11. The van der Waals surface area contributed by atoms with Gasteiger partial charge in [0.1, 0.15) is 21.1 Å². The second kappa shape index (κ2) is 15.3. The Balaban J connectivity index is 1.83. The van der Waals surface area contributed by atoms with Crippen LogP contribution in [0.3, 0.4) is 0 Å². The molecule has 15 heteroatoms. The van der Waals surface area contributed by atoms with Gasteiger partial charge in [-0.05, 0) is 66.1 Å². The number of nitrogens with one attached hydrogen (secondary N) is 1. The van der Waals surface area contributed by atoms with Gasteiger partial charge in [-0.2, -0.15) is 0 Å². The van der Waals surface area contributed by atoms with E-state index in [4.69, 9.17) is 41.5 Å². The van der Waals surface area contributed by atoms with Gasteiger partial charge in [-0.3, -0.25) is 0 Å². The lowest BCUT2D eigenvalue weighted by Crippen LogP contribution is -2.14. The highest BCUT2D eigenvalue weighted by Gasteiger charge is 2.29. The van der Waals surface area contributed by atoms with Gasteiger partial charge in [-0.1, -0.05) is 82.3 Å². The second-order valence-electron chi connectivity index (χ2n) is 12.5. The van der Waals surface area contributed by atoms with Crippen molar-refractivity contribution in [2.75, 3.05) is 5.32 Å². The fourth-order valence-electron chi connectivity index (χ4n) is 6.71. The van der Waals surface area contributed by atoms with Gasteiger partial charge >= 0.3 is 0 Å².